The molecule has 1 aromatic carbocycles. The Kier molecular flexibility index (Phi) is 3.76. The molecule has 102 valence electrons. The van der Waals surface area contributed by atoms with Gasteiger partial charge in [0.25, 0.3) is 0 Å². The third-order valence-electron chi connectivity index (χ3n) is 3.76. The lowest BCUT2D eigenvalue weighted by atomic mass is 9.95. The van der Waals surface area contributed by atoms with Gasteiger partial charge >= 0.3 is 0 Å². The molecule has 0 saturated carbocycles. The van der Waals surface area contributed by atoms with E-state index in [-0.39, 0.29) is 0 Å². The first-order valence-corrected chi connectivity index (χ1v) is 6.79. The molecule has 0 aliphatic rings. The van der Waals surface area contributed by atoms with Crippen molar-refractivity contribution in [1.29, 1.82) is 0 Å². The summed E-state index contributed by atoms with van der Waals surface area (Å²) in [5, 5.41) is 4.51. The first-order valence-electron chi connectivity index (χ1n) is 6.79. The molecular formula is C16H23N3. The fraction of sp³-hybridized carbons (Fsp3) is 0.438. The summed E-state index contributed by atoms with van der Waals surface area (Å²) >= 11 is 0. The lowest BCUT2D eigenvalue weighted by Gasteiger charge is -2.12. The summed E-state index contributed by atoms with van der Waals surface area (Å²) in [4.78, 5) is 0. The van der Waals surface area contributed by atoms with Gasteiger partial charge in [-0.3, -0.25) is 4.68 Å². The van der Waals surface area contributed by atoms with Crippen molar-refractivity contribution in [1.82, 2.24) is 9.78 Å². The van der Waals surface area contributed by atoms with E-state index in [2.05, 4.69) is 51.0 Å². The molecule has 0 spiro atoms. The molecule has 1 heterocycles. The molecule has 2 N–H and O–H groups in total. The Hall–Kier alpha value is -1.61. The van der Waals surface area contributed by atoms with Crippen LogP contribution in [0.2, 0.25) is 0 Å². The van der Waals surface area contributed by atoms with Crippen LogP contribution in [0.3, 0.4) is 0 Å². The summed E-state index contributed by atoms with van der Waals surface area (Å²) in [6.45, 7) is 9.17. The number of aryl methyl sites for hydroxylation is 2. The molecule has 0 bridgehead atoms. The van der Waals surface area contributed by atoms with E-state index < -0.39 is 0 Å². The Labute approximate surface area is 115 Å². The Balaban J connectivity index is 2.64. The number of hydrogen-bond donors (Lipinski definition) is 1. The predicted molar refractivity (Wildman–Crippen MR) is 80.1 cm³/mol. The minimum atomic E-state index is 0.489. The van der Waals surface area contributed by atoms with Crippen LogP contribution in [0.5, 0.6) is 0 Å². The summed E-state index contributed by atoms with van der Waals surface area (Å²) < 4.78 is 1.95. The van der Waals surface area contributed by atoms with Crippen LogP contribution in [0.4, 0.5) is 0 Å². The third-order valence-corrected chi connectivity index (χ3v) is 3.76. The fourth-order valence-corrected chi connectivity index (χ4v) is 2.51. The second-order valence-electron chi connectivity index (χ2n) is 5.48. The summed E-state index contributed by atoms with van der Waals surface area (Å²) in [6, 6.07) is 6.68. The zero-order valence-corrected chi connectivity index (χ0v) is 12.5. The SMILES string of the molecule is Cc1ccc(C(C)C)cc1-c1c(C)c(CN)nn1C. The molecule has 0 fully saturated rings. The molecule has 0 aliphatic carbocycles. The lowest BCUT2D eigenvalue weighted by molar-refractivity contribution is 0.748. The molecule has 2 aromatic rings. The number of hydrogen-bond acceptors (Lipinski definition) is 2. The summed E-state index contributed by atoms with van der Waals surface area (Å²) in [6.07, 6.45) is 0. The first kappa shape index (κ1) is 13.8. The van der Waals surface area contributed by atoms with E-state index in [1.807, 2.05) is 11.7 Å². The van der Waals surface area contributed by atoms with Crippen LogP contribution in [-0.2, 0) is 13.6 Å². The van der Waals surface area contributed by atoms with Crippen molar-refractivity contribution >= 4 is 0 Å². The van der Waals surface area contributed by atoms with E-state index in [1.165, 1.54) is 27.9 Å². The molecule has 0 saturated heterocycles. The van der Waals surface area contributed by atoms with Crippen LogP contribution >= 0.6 is 0 Å². The van der Waals surface area contributed by atoms with Gasteiger partial charge in [-0.05, 0) is 42.5 Å². The number of benzene rings is 1. The zero-order valence-electron chi connectivity index (χ0n) is 12.5. The molecule has 3 nitrogen and oxygen atoms in total. The second kappa shape index (κ2) is 5.17. The van der Waals surface area contributed by atoms with E-state index in [1.54, 1.807) is 0 Å². The lowest BCUT2D eigenvalue weighted by Crippen LogP contribution is -1.99. The molecule has 0 aliphatic heterocycles. The van der Waals surface area contributed by atoms with Crippen molar-refractivity contribution in [3.8, 4) is 11.3 Å². The topological polar surface area (TPSA) is 43.8 Å². The minimum absolute atomic E-state index is 0.489. The maximum atomic E-state index is 5.75. The Bertz CT molecular complexity index is 594. The summed E-state index contributed by atoms with van der Waals surface area (Å²) in [5.74, 6) is 0.530. The van der Waals surface area contributed by atoms with Crippen LogP contribution in [0, 0.1) is 13.8 Å². The number of nitrogens with two attached hydrogens (primary N) is 1. The molecule has 1 aromatic heterocycles. The highest BCUT2D eigenvalue weighted by Crippen LogP contribution is 2.30. The first-order chi connectivity index (χ1) is 8.95. The Morgan fingerprint density at radius 1 is 1.26 bits per heavy atom. The van der Waals surface area contributed by atoms with Gasteiger partial charge in [0.15, 0.2) is 0 Å². The quantitative estimate of drug-likeness (QED) is 0.917. The van der Waals surface area contributed by atoms with Gasteiger partial charge in [-0.2, -0.15) is 5.10 Å². The number of aromatic nitrogens is 2. The van der Waals surface area contributed by atoms with Gasteiger partial charge in [-0.25, -0.2) is 0 Å². The Morgan fingerprint density at radius 3 is 2.47 bits per heavy atom. The van der Waals surface area contributed by atoms with Gasteiger partial charge in [-0.15, -0.1) is 0 Å². The van der Waals surface area contributed by atoms with E-state index in [0.717, 1.165) is 5.69 Å². The van der Waals surface area contributed by atoms with Crippen LogP contribution < -0.4 is 5.73 Å². The van der Waals surface area contributed by atoms with Gasteiger partial charge < -0.3 is 5.73 Å². The number of nitrogens with zero attached hydrogens (tertiary/aromatic N) is 2. The Morgan fingerprint density at radius 2 is 1.95 bits per heavy atom. The van der Waals surface area contributed by atoms with Crippen molar-refractivity contribution < 1.29 is 0 Å². The van der Waals surface area contributed by atoms with Crippen molar-refractivity contribution in [3.63, 3.8) is 0 Å². The van der Waals surface area contributed by atoms with Crippen LogP contribution in [-0.4, -0.2) is 9.78 Å². The highest BCUT2D eigenvalue weighted by molar-refractivity contribution is 5.68. The highest BCUT2D eigenvalue weighted by Gasteiger charge is 2.15. The largest absolute Gasteiger partial charge is 0.325 e. The van der Waals surface area contributed by atoms with Gasteiger partial charge in [0.05, 0.1) is 11.4 Å². The van der Waals surface area contributed by atoms with Crippen molar-refractivity contribution in [3.05, 3.63) is 40.6 Å². The monoisotopic (exact) mass is 257 g/mol. The van der Waals surface area contributed by atoms with E-state index >= 15 is 0 Å². The van der Waals surface area contributed by atoms with E-state index in [9.17, 15) is 0 Å². The van der Waals surface area contributed by atoms with Gasteiger partial charge in [-0.1, -0.05) is 26.0 Å². The van der Waals surface area contributed by atoms with Crippen LogP contribution in [0.1, 0.15) is 42.1 Å². The van der Waals surface area contributed by atoms with Crippen molar-refractivity contribution in [2.45, 2.75) is 40.2 Å². The molecule has 0 unspecified atom stereocenters. The van der Waals surface area contributed by atoms with Crippen molar-refractivity contribution in [2.75, 3.05) is 0 Å². The predicted octanol–water partition coefficient (Wildman–Crippen LogP) is 3.29. The molecule has 19 heavy (non-hydrogen) atoms. The summed E-state index contributed by atoms with van der Waals surface area (Å²) in [5.41, 5.74) is 13.0. The van der Waals surface area contributed by atoms with Crippen LogP contribution in [0.25, 0.3) is 11.3 Å². The van der Waals surface area contributed by atoms with Gasteiger partial charge in [0.1, 0.15) is 0 Å². The van der Waals surface area contributed by atoms with E-state index in [0.29, 0.717) is 12.5 Å². The third kappa shape index (κ3) is 2.43. The second-order valence-corrected chi connectivity index (χ2v) is 5.48. The smallest absolute Gasteiger partial charge is 0.0795 e. The fourth-order valence-electron chi connectivity index (χ4n) is 2.51. The normalized spacial score (nSPS) is 11.3. The molecule has 0 atom stereocenters. The van der Waals surface area contributed by atoms with E-state index in [4.69, 9.17) is 5.73 Å². The van der Waals surface area contributed by atoms with Crippen molar-refractivity contribution in [2.24, 2.45) is 12.8 Å². The average molecular weight is 257 g/mol. The molecule has 0 radical (unpaired) electrons. The molecule has 2 rings (SSSR count). The highest BCUT2D eigenvalue weighted by atomic mass is 15.3. The molecular weight excluding hydrogens is 234 g/mol. The molecule has 3 heteroatoms. The van der Waals surface area contributed by atoms with Gasteiger partial charge in [0.2, 0.25) is 0 Å². The summed E-state index contributed by atoms with van der Waals surface area (Å²) in [7, 11) is 1.99. The van der Waals surface area contributed by atoms with Gasteiger partial charge in [0, 0.05) is 19.2 Å². The maximum Gasteiger partial charge on any atom is 0.0795 e. The van der Waals surface area contributed by atoms with Crippen LogP contribution in [0.15, 0.2) is 18.2 Å². The molecule has 0 amide bonds. The maximum absolute atomic E-state index is 5.75. The minimum Gasteiger partial charge on any atom is -0.325 e. The number of rotatable bonds is 3. The standard InChI is InChI=1S/C16H23N3/c1-10(2)13-7-6-11(3)14(8-13)16-12(4)15(9-17)18-19(16)5/h6-8,10H,9,17H2,1-5H3. The zero-order chi connectivity index (χ0) is 14.2. The average Bonchev–Trinajstić information content (AvgIpc) is 2.65.